The molecule has 1 atom stereocenters. The molecule has 0 saturated heterocycles. The maximum atomic E-state index is 13.7. The first-order valence-corrected chi connectivity index (χ1v) is 6.68. The molecule has 1 unspecified atom stereocenters. The topological polar surface area (TPSA) is 12.0 Å². The molecule has 0 bridgehead atoms. The lowest BCUT2D eigenvalue weighted by atomic mass is 9.95. The fourth-order valence-electron chi connectivity index (χ4n) is 2.79. The smallest absolute Gasteiger partial charge is 0.149 e. The van der Waals surface area contributed by atoms with Crippen LogP contribution in [0.2, 0.25) is 0 Å². The molecule has 2 aromatic carbocycles. The largest absolute Gasteiger partial charge is 0.376 e. The monoisotopic (exact) mass is 275 g/mol. The van der Waals surface area contributed by atoms with Gasteiger partial charge in [-0.3, -0.25) is 0 Å². The summed E-state index contributed by atoms with van der Waals surface area (Å²) in [6.07, 6.45) is 0. The van der Waals surface area contributed by atoms with Crippen LogP contribution in [0.25, 0.3) is 0 Å². The molecule has 0 fully saturated rings. The zero-order chi connectivity index (χ0) is 14.9. The van der Waals surface area contributed by atoms with E-state index in [1.807, 2.05) is 6.92 Å². The van der Waals surface area contributed by atoms with Gasteiger partial charge in [0, 0.05) is 12.1 Å². The molecule has 106 valence electrons. The predicted molar refractivity (Wildman–Crippen MR) is 79.0 cm³/mol. The molecule has 20 heavy (non-hydrogen) atoms. The van der Waals surface area contributed by atoms with Crippen LogP contribution in [-0.2, 0) is 0 Å². The Labute approximate surface area is 118 Å². The Kier molecular flexibility index (Phi) is 4.07. The number of rotatable bonds is 3. The van der Waals surface area contributed by atoms with Crippen molar-refractivity contribution in [1.29, 1.82) is 0 Å². The van der Waals surface area contributed by atoms with E-state index in [9.17, 15) is 8.78 Å². The molecule has 1 N–H and O–H groups in total. The van der Waals surface area contributed by atoms with Crippen LogP contribution >= 0.6 is 0 Å². The zero-order valence-electron chi connectivity index (χ0n) is 12.2. The van der Waals surface area contributed by atoms with E-state index >= 15 is 0 Å². The van der Waals surface area contributed by atoms with Crippen molar-refractivity contribution in [2.24, 2.45) is 0 Å². The number of halogens is 2. The van der Waals surface area contributed by atoms with E-state index in [1.165, 1.54) is 28.8 Å². The van der Waals surface area contributed by atoms with Crippen LogP contribution in [0, 0.1) is 32.4 Å². The number of benzene rings is 2. The maximum Gasteiger partial charge on any atom is 0.149 e. The molecule has 0 spiro atoms. The van der Waals surface area contributed by atoms with E-state index in [0.29, 0.717) is 5.69 Å². The van der Waals surface area contributed by atoms with Crippen LogP contribution in [0.5, 0.6) is 0 Å². The molecule has 0 radical (unpaired) electrons. The van der Waals surface area contributed by atoms with E-state index in [0.717, 1.165) is 11.6 Å². The minimum absolute atomic E-state index is 0.0458. The van der Waals surface area contributed by atoms with Crippen molar-refractivity contribution < 1.29 is 8.78 Å². The van der Waals surface area contributed by atoms with Crippen molar-refractivity contribution in [2.75, 3.05) is 5.32 Å². The summed E-state index contributed by atoms with van der Waals surface area (Å²) in [7, 11) is 0. The Morgan fingerprint density at radius 2 is 1.55 bits per heavy atom. The van der Waals surface area contributed by atoms with Crippen molar-refractivity contribution in [3.8, 4) is 0 Å². The van der Waals surface area contributed by atoms with Crippen molar-refractivity contribution in [3.63, 3.8) is 0 Å². The van der Waals surface area contributed by atoms with Gasteiger partial charge in [-0.15, -0.1) is 0 Å². The summed E-state index contributed by atoms with van der Waals surface area (Å²) in [6, 6.07) is 7.76. The van der Waals surface area contributed by atoms with Crippen LogP contribution in [0.1, 0.15) is 35.2 Å². The van der Waals surface area contributed by atoms with Gasteiger partial charge in [-0.1, -0.05) is 17.7 Å². The molecule has 0 aliphatic carbocycles. The highest BCUT2D eigenvalue weighted by Gasteiger charge is 2.14. The van der Waals surface area contributed by atoms with E-state index < -0.39 is 11.6 Å². The molecular weight excluding hydrogens is 256 g/mol. The quantitative estimate of drug-likeness (QED) is 0.825. The number of nitrogens with one attached hydrogen (secondary N) is 1. The highest BCUT2D eigenvalue weighted by atomic mass is 19.1. The molecular formula is C17H19F2N. The van der Waals surface area contributed by atoms with Crippen molar-refractivity contribution >= 4 is 5.69 Å². The first-order chi connectivity index (χ1) is 9.38. The van der Waals surface area contributed by atoms with E-state index in [2.05, 4.69) is 38.2 Å². The van der Waals surface area contributed by atoms with E-state index in [1.54, 1.807) is 0 Å². The molecule has 2 rings (SSSR count). The highest BCUT2D eigenvalue weighted by molar-refractivity contribution is 5.49. The summed E-state index contributed by atoms with van der Waals surface area (Å²) < 4.78 is 26.6. The molecule has 0 aliphatic rings. The van der Waals surface area contributed by atoms with Crippen molar-refractivity contribution in [3.05, 3.63) is 64.2 Å². The van der Waals surface area contributed by atoms with E-state index in [4.69, 9.17) is 0 Å². The summed E-state index contributed by atoms with van der Waals surface area (Å²) in [5.74, 6) is -1.14. The van der Waals surface area contributed by atoms with Gasteiger partial charge in [0.05, 0.1) is 5.69 Å². The van der Waals surface area contributed by atoms with Gasteiger partial charge >= 0.3 is 0 Å². The number of hydrogen-bond acceptors (Lipinski definition) is 1. The summed E-state index contributed by atoms with van der Waals surface area (Å²) in [4.78, 5) is 0. The van der Waals surface area contributed by atoms with Gasteiger partial charge in [0.25, 0.3) is 0 Å². The Hall–Kier alpha value is -1.90. The maximum absolute atomic E-state index is 13.7. The molecule has 2 aromatic rings. The summed E-state index contributed by atoms with van der Waals surface area (Å²) in [5, 5.41) is 3.11. The average Bonchev–Trinajstić information content (AvgIpc) is 2.31. The van der Waals surface area contributed by atoms with Crippen molar-refractivity contribution in [2.45, 2.75) is 33.7 Å². The van der Waals surface area contributed by atoms with Crippen LogP contribution in [-0.4, -0.2) is 0 Å². The summed E-state index contributed by atoms with van der Waals surface area (Å²) in [5.41, 5.74) is 5.02. The standard InChI is InChI=1S/C17H19F2N/c1-10-7-11(2)17(12(3)8-10)13(4)20-16-6-5-14(18)9-15(16)19/h5-9,13,20H,1-4H3. The molecule has 3 heteroatoms. The second kappa shape index (κ2) is 5.61. The van der Waals surface area contributed by atoms with Crippen molar-refractivity contribution in [1.82, 2.24) is 0 Å². The van der Waals surface area contributed by atoms with Crippen LogP contribution in [0.15, 0.2) is 30.3 Å². The highest BCUT2D eigenvalue weighted by Crippen LogP contribution is 2.27. The first-order valence-electron chi connectivity index (χ1n) is 6.68. The third-order valence-electron chi connectivity index (χ3n) is 3.47. The Bertz CT molecular complexity index is 612. The zero-order valence-corrected chi connectivity index (χ0v) is 12.2. The third kappa shape index (κ3) is 2.98. The summed E-state index contributed by atoms with van der Waals surface area (Å²) >= 11 is 0. The second-order valence-electron chi connectivity index (χ2n) is 5.30. The average molecular weight is 275 g/mol. The van der Waals surface area contributed by atoms with Gasteiger partial charge in [-0.25, -0.2) is 8.78 Å². The number of aryl methyl sites for hydroxylation is 3. The minimum atomic E-state index is -0.570. The number of hydrogen-bond donors (Lipinski definition) is 1. The lowest BCUT2D eigenvalue weighted by Gasteiger charge is -2.21. The fourth-order valence-corrected chi connectivity index (χ4v) is 2.79. The minimum Gasteiger partial charge on any atom is -0.376 e. The Balaban J connectivity index is 2.31. The lowest BCUT2D eigenvalue weighted by Crippen LogP contribution is -2.11. The van der Waals surface area contributed by atoms with Gasteiger partial charge in [0.15, 0.2) is 0 Å². The first kappa shape index (κ1) is 14.5. The Morgan fingerprint density at radius 1 is 0.950 bits per heavy atom. The van der Waals surface area contributed by atoms with Gasteiger partial charge in [0.2, 0.25) is 0 Å². The molecule has 0 saturated carbocycles. The van der Waals surface area contributed by atoms with Gasteiger partial charge in [0.1, 0.15) is 11.6 Å². The molecule has 1 nitrogen and oxygen atoms in total. The predicted octanol–water partition coefficient (Wildman–Crippen LogP) is 5.06. The van der Waals surface area contributed by atoms with Crippen LogP contribution in [0.3, 0.4) is 0 Å². The fraction of sp³-hybridized carbons (Fsp3) is 0.294. The Morgan fingerprint density at radius 3 is 2.10 bits per heavy atom. The van der Waals surface area contributed by atoms with Crippen LogP contribution in [0.4, 0.5) is 14.5 Å². The van der Waals surface area contributed by atoms with Gasteiger partial charge in [-0.05, 0) is 56.5 Å². The molecule has 0 aromatic heterocycles. The van der Waals surface area contributed by atoms with Gasteiger partial charge < -0.3 is 5.32 Å². The van der Waals surface area contributed by atoms with E-state index in [-0.39, 0.29) is 6.04 Å². The lowest BCUT2D eigenvalue weighted by molar-refractivity contribution is 0.583. The SMILES string of the molecule is Cc1cc(C)c(C(C)Nc2ccc(F)cc2F)c(C)c1. The molecule has 0 aliphatic heterocycles. The van der Waals surface area contributed by atoms with Crippen LogP contribution < -0.4 is 5.32 Å². The molecule has 0 heterocycles. The second-order valence-corrected chi connectivity index (χ2v) is 5.30. The van der Waals surface area contributed by atoms with Gasteiger partial charge in [-0.2, -0.15) is 0 Å². The summed E-state index contributed by atoms with van der Waals surface area (Å²) in [6.45, 7) is 8.14. The molecule has 0 amide bonds. The third-order valence-corrected chi connectivity index (χ3v) is 3.47. The number of anilines is 1. The normalized spacial score (nSPS) is 12.3.